The van der Waals surface area contributed by atoms with E-state index in [9.17, 15) is 9.59 Å². The van der Waals surface area contributed by atoms with Gasteiger partial charge in [-0.1, -0.05) is 30.3 Å². The lowest BCUT2D eigenvalue weighted by molar-refractivity contribution is -0.117. The van der Waals surface area contributed by atoms with Gasteiger partial charge in [0.05, 0.1) is 12.6 Å². The second kappa shape index (κ2) is 9.05. The number of fused-ring (bicyclic) bond motifs is 1. The summed E-state index contributed by atoms with van der Waals surface area (Å²) >= 11 is 0. The maximum absolute atomic E-state index is 12.9. The summed E-state index contributed by atoms with van der Waals surface area (Å²) in [5.41, 5.74) is 3.31. The van der Waals surface area contributed by atoms with Crippen LogP contribution in [0.2, 0.25) is 0 Å². The molecule has 1 aromatic carbocycles. The zero-order valence-corrected chi connectivity index (χ0v) is 18.6. The smallest absolute Gasteiger partial charge is 0.274 e. The monoisotopic (exact) mass is 442 g/mol. The van der Waals surface area contributed by atoms with Crippen molar-refractivity contribution in [1.82, 2.24) is 24.8 Å². The van der Waals surface area contributed by atoms with Gasteiger partial charge in [-0.15, -0.1) is 0 Å². The van der Waals surface area contributed by atoms with Gasteiger partial charge in [0.25, 0.3) is 5.91 Å². The van der Waals surface area contributed by atoms with Gasteiger partial charge in [-0.05, 0) is 31.7 Å². The SMILES string of the molecule is Cc1nc([C@@H]2CCCN(C(=O)c3cnccn3)C2)nc2c1CC(=O)N2CCc1ccccc1. The van der Waals surface area contributed by atoms with Crippen LogP contribution in [-0.4, -0.2) is 56.3 Å². The fourth-order valence-corrected chi connectivity index (χ4v) is 4.64. The summed E-state index contributed by atoms with van der Waals surface area (Å²) in [5.74, 6) is 1.41. The van der Waals surface area contributed by atoms with Crippen LogP contribution < -0.4 is 4.90 Å². The number of hydrogen-bond donors (Lipinski definition) is 0. The summed E-state index contributed by atoms with van der Waals surface area (Å²) in [6, 6.07) is 10.2. The first-order valence-electron chi connectivity index (χ1n) is 11.4. The minimum atomic E-state index is -0.120. The quantitative estimate of drug-likeness (QED) is 0.603. The minimum absolute atomic E-state index is 0.0232. The first kappa shape index (κ1) is 21.2. The molecule has 4 heterocycles. The zero-order valence-electron chi connectivity index (χ0n) is 18.6. The molecule has 2 aliphatic heterocycles. The number of piperidine rings is 1. The molecule has 8 nitrogen and oxygen atoms in total. The molecule has 0 saturated carbocycles. The normalized spacial score (nSPS) is 17.8. The fraction of sp³-hybridized carbons (Fsp3) is 0.360. The van der Waals surface area contributed by atoms with Crippen LogP contribution in [0.4, 0.5) is 5.82 Å². The predicted octanol–water partition coefficient (Wildman–Crippen LogP) is 2.73. The molecular weight excluding hydrogens is 416 g/mol. The molecule has 1 atom stereocenters. The summed E-state index contributed by atoms with van der Waals surface area (Å²) in [7, 11) is 0. The Labute approximate surface area is 192 Å². The van der Waals surface area contributed by atoms with Gasteiger partial charge in [0, 0.05) is 49.2 Å². The first-order valence-corrected chi connectivity index (χ1v) is 11.4. The highest BCUT2D eigenvalue weighted by Crippen LogP contribution is 2.33. The van der Waals surface area contributed by atoms with Crippen LogP contribution in [0.25, 0.3) is 0 Å². The maximum atomic E-state index is 12.9. The van der Waals surface area contributed by atoms with Crippen molar-refractivity contribution in [3.05, 3.63) is 77.3 Å². The lowest BCUT2D eigenvalue weighted by Gasteiger charge is -2.32. The molecule has 2 aliphatic rings. The first-order chi connectivity index (χ1) is 16.1. The predicted molar refractivity (Wildman–Crippen MR) is 123 cm³/mol. The number of carbonyl (C=O) groups is 2. The highest BCUT2D eigenvalue weighted by molar-refractivity contribution is 6.00. The number of anilines is 1. The van der Waals surface area contributed by atoms with Crippen molar-refractivity contribution in [3.8, 4) is 0 Å². The highest BCUT2D eigenvalue weighted by Gasteiger charge is 2.34. The molecule has 0 aliphatic carbocycles. The Morgan fingerprint density at radius 3 is 2.79 bits per heavy atom. The molecule has 0 spiro atoms. The lowest BCUT2D eigenvalue weighted by Crippen LogP contribution is -2.40. The van der Waals surface area contributed by atoms with E-state index >= 15 is 0 Å². The lowest BCUT2D eigenvalue weighted by atomic mass is 9.96. The van der Waals surface area contributed by atoms with E-state index < -0.39 is 0 Å². The number of carbonyl (C=O) groups excluding carboxylic acids is 2. The van der Waals surface area contributed by atoms with Crippen LogP contribution >= 0.6 is 0 Å². The highest BCUT2D eigenvalue weighted by atomic mass is 16.2. The molecule has 0 radical (unpaired) electrons. The molecule has 8 heteroatoms. The van der Waals surface area contributed by atoms with Gasteiger partial charge in [0.1, 0.15) is 17.3 Å². The molecule has 1 fully saturated rings. The number of benzene rings is 1. The second-order valence-corrected chi connectivity index (χ2v) is 8.61. The van der Waals surface area contributed by atoms with Crippen LogP contribution in [0.5, 0.6) is 0 Å². The number of amides is 2. The van der Waals surface area contributed by atoms with Crippen molar-refractivity contribution < 1.29 is 9.59 Å². The molecule has 2 aromatic heterocycles. The van der Waals surface area contributed by atoms with Crippen molar-refractivity contribution in [1.29, 1.82) is 0 Å². The van der Waals surface area contributed by atoms with Crippen LogP contribution in [0.3, 0.4) is 0 Å². The maximum Gasteiger partial charge on any atom is 0.274 e. The van der Waals surface area contributed by atoms with E-state index in [0.29, 0.717) is 37.6 Å². The third-order valence-electron chi connectivity index (χ3n) is 6.42. The number of likely N-dealkylation sites (tertiary alicyclic amines) is 1. The summed E-state index contributed by atoms with van der Waals surface area (Å²) in [6.45, 7) is 3.75. The Balaban J connectivity index is 1.36. The van der Waals surface area contributed by atoms with Gasteiger partial charge in [0.2, 0.25) is 5.91 Å². The standard InChI is InChI=1S/C25H26N6O2/c1-17-20-14-22(32)31(13-9-18-6-3-2-4-7-18)24(20)29-23(28-17)19-8-5-12-30(16-19)25(33)21-15-26-10-11-27-21/h2-4,6-7,10-11,15,19H,5,8-9,12-14,16H2,1H3/t19-/m1/s1. The summed E-state index contributed by atoms with van der Waals surface area (Å²) in [5, 5.41) is 0. The largest absolute Gasteiger partial charge is 0.337 e. The van der Waals surface area contributed by atoms with Crippen molar-refractivity contribution in [3.63, 3.8) is 0 Å². The van der Waals surface area contributed by atoms with Crippen LogP contribution in [0.1, 0.15) is 51.9 Å². The molecule has 2 amide bonds. The Morgan fingerprint density at radius 1 is 1.15 bits per heavy atom. The van der Waals surface area contributed by atoms with Gasteiger partial charge in [0.15, 0.2) is 0 Å². The van der Waals surface area contributed by atoms with Gasteiger partial charge in [-0.3, -0.25) is 19.5 Å². The van der Waals surface area contributed by atoms with E-state index in [1.165, 1.54) is 18.0 Å². The third kappa shape index (κ3) is 4.33. The van der Waals surface area contributed by atoms with Gasteiger partial charge in [-0.25, -0.2) is 15.0 Å². The Morgan fingerprint density at radius 2 is 2.00 bits per heavy atom. The second-order valence-electron chi connectivity index (χ2n) is 8.61. The summed E-state index contributed by atoms with van der Waals surface area (Å²) in [6.07, 6.45) is 7.47. The summed E-state index contributed by atoms with van der Waals surface area (Å²) < 4.78 is 0. The average Bonchev–Trinajstić information content (AvgIpc) is 3.19. The number of nitrogens with zero attached hydrogens (tertiary/aromatic N) is 6. The van der Waals surface area contributed by atoms with E-state index in [4.69, 9.17) is 9.97 Å². The fourth-order valence-electron chi connectivity index (χ4n) is 4.64. The number of aryl methyl sites for hydroxylation is 1. The van der Waals surface area contributed by atoms with Gasteiger partial charge in [-0.2, -0.15) is 0 Å². The topological polar surface area (TPSA) is 92.2 Å². The third-order valence-corrected chi connectivity index (χ3v) is 6.42. The van der Waals surface area contributed by atoms with Crippen LogP contribution in [-0.2, 0) is 17.6 Å². The number of rotatable bonds is 5. The Hall–Kier alpha value is -3.68. The van der Waals surface area contributed by atoms with Crippen molar-refractivity contribution in [2.45, 2.75) is 38.5 Å². The molecule has 0 unspecified atom stereocenters. The molecular formula is C25H26N6O2. The van der Waals surface area contributed by atoms with Crippen molar-refractivity contribution in [2.75, 3.05) is 24.5 Å². The molecule has 0 bridgehead atoms. The van der Waals surface area contributed by atoms with Crippen LogP contribution in [0, 0.1) is 6.92 Å². The molecule has 3 aromatic rings. The average molecular weight is 443 g/mol. The molecule has 1 saturated heterocycles. The van der Waals surface area contributed by atoms with E-state index in [1.54, 1.807) is 11.1 Å². The number of hydrogen-bond acceptors (Lipinski definition) is 6. The Bertz CT molecular complexity index is 1170. The van der Waals surface area contributed by atoms with E-state index in [1.807, 2.05) is 30.0 Å². The number of aromatic nitrogens is 4. The molecule has 0 N–H and O–H groups in total. The van der Waals surface area contributed by atoms with E-state index in [0.717, 1.165) is 36.3 Å². The van der Waals surface area contributed by atoms with Crippen molar-refractivity contribution in [2.24, 2.45) is 0 Å². The summed E-state index contributed by atoms with van der Waals surface area (Å²) in [4.78, 5) is 47.1. The molecule has 168 valence electrons. The van der Waals surface area contributed by atoms with Crippen LogP contribution in [0.15, 0.2) is 48.9 Å². The Kier molecular flexibility index (Phi) is 5.81. The van der Waals surface area contributed by atoms with Gasteiger partial charge < -0.3 is 4.90 Å². The van der Waals surface area contributed by atoms with Gasteiger partial charge >= 0.3 is 0 Å². The van der Waals surface area contributed by atoms with E-state index in [-0.39, 0.29) is 17.7 Å². The zero-order chi connectivity index (χ0) is 22.8. The molecule has 5 rings (SSSR count). The minimum Gasteiger partial charge on any atom is -0.337 e. The van der Waals surface area contributed by atoms with Crippen molar-refractivity contribution >= 4 is 17.6 Å². The molecule has 33 heavy (non-hydrogen) atoms. The van der Waals surface area contributed by atoms with E-state index in [2.05, 4.69) is 22.1 Å².